The molecule has 1 amide bonds. The number of piperidine rings is 1. The summed E-state index contributed by atoms with van der Waals surface area (Å²) in [6, 6.07) is 6.39. The average Bonchev–Trinajstić information content (AvgIpc) is 2.98. The summed E-state index contributed by atoms with van der Waals surface area (Å²) in [5.74, 6) is 0.588. The number of sulfonamides is 1. The highest BCUT2D eigenvalue weighted by molar-refractivity contribution is 7.89. The Morgan fingerprint density at radius 1 is 1.17 bits per heavy atom. The number of hydrogen-bond acceptors (Lipinski definition) is 5. The second-order valence-corrected chi connectivity index (χ2v) is 9.68. The molecule has 0 unspecified atom stereocenters. The van der Waals surface area contributed by atoms with Gasteiger partial charge in [0.25, 0.3) is 0 Å². The van der Waals surface area contributed by atoms with Crippen LogP contribution in [0.1, 0.15) is 56.5 Å². The number of rotatable bonds is 6. The zero-order chi connectivity index (χ0) is 21.2. The van der Waals surface area contributed by atoms with E-state index in [0.717, 1.165) is 36.3 Å². The number of benzene rings is 1. The minimum atomic E-state index is -3.55. The fraction of sp³-hybridized carbons (Fsp3) is 0.524. The van der Waals surface area contributed by atoms with Crippen molar-refractivity contribution in [3.63, 3.8) is 0 Å². The molecule has 2 atom stereocenters. The standard InChI is InChI=1S/C21H29N3O4S/c1-14-6-5-7-15(2)24(14)29(26,27)19-10-8-18(9-11-19)22-21(25)13-12-20-16(3)23-28-17(20)4/h8-11,14-15H,5-7,12-13H2,1-4H3,(H,22,25)/t14-,15+. The van der Waals surface area contributed by atoms with Crippen LogP contribution in [0.15, 0.2) is 33.7 Å². The molecule has 0 radical (unpaired) electrons. The lowest BCUT2D eigenvalue weighted by atomic mass is 10.0. The van der Waals surface area contributed by atoms with Crippen LogP contribution >= 0.6 is 0 Å². The Kier molecular flexibility index (Phi) is 6.43. The third kappa shape index (κ3) is 4.70. The van der Waals surface area contributed by atoms with E-state index >= 15 is 0 Å². The number of aromatic nitrogens is 1. The summed E-state index contributed by atoms with van der Waals surface area (Å²) in [4.78, 5) is 12.5. The lowest BCUT2D eigenvalue weighted by molar-refractivity contribution is -0.116. The van der Waals surface area contributed by atoms with Crippen LogP contribution in [-0.2, 0) is 21.2 Å². The summed E-state index contributed by atoms with van der Waals surface area (Å²) < 4.78 is 32.9. The molecule has 1 aromatic carbocycles. The maximum atomic E-state index is 13.1. The Balaban J connectivity index is 1.64. The van der Waals surface area contributed by atoms with Gasteiger partial charge in [0.05, 0.1) is 10.6 Å². The Labute approximate surface area is 172 Å². The van der Waals surface area contributed by atoms with Crippen LogP contribution in [0.25, 0.3) is 0 Å². The number of nitrogens with one attached hydrogen (secondary N) is 1. The van der Waals surface area contributed by atoms with Gasteiger partial charge in [-0.05, 0) is 71.2 Å². The van der Waals surface area contributed by atoms with Gasteiger partial charge >= 0.3 is 0 Å². The zero-order valence-electron chi connectivity index (χ0n) is 17.4. The molecule has 1 aliphatic heterocycles. The minimum Gasteiger partial charge on any atom is -0.361 e. The Hall–Kier alpha value is -2.19. The maximum Gasteiger partial charge on any atom is 0.243 e. The van der Waals surface area contributed by atoms with Gasteiger partial charge in [-0.2, -0.15) is 4.31 Å². The molecule has 1 aliphatic rings. The molecule has 3 rings (SSSR count). The van der Waals surface area contributed by atoms with Crippen LogP contribution in [0.2, 0.25) is 0 Å². The molecule has 0 saturated carbocycles. The molecule has 1 N–H and O–H groups in total. The van der Waals surface area contributed by atoms with E-state index in [1.165, 1.54) is 0 Å². The molecule has 0 spiro atoms. The molecular weight excluding hydrogens is 390 g/mol. The minimum absolute atomic E-state index is 0.00699. The van der Waals surface area contributed by atoms with Gasteiger partial charge in [0.15, 0.2) is 0 Å². The first-order valence-electron chi connectivity index (χ1n) is 10.1. The first kappa shape index (κ1) is 21.5. The summed E-state index contributed by atoms with van der Waals surface area (Å²) in [6.45, 7) is 7.60. The molecular formula is C21H29N3O4S. The van der Waals surface area contributed by atoms with E-state index in [1.807, 2.05) is 27.7 Å². The predicted molar refractivity (Wildman–Crippen MR) is 111 cm³/mol. The van der Waals surface area contributed by atoms with Crippen LogP contribution in [-0.4, -0.2) is 35.9 Å². The molecule has 1 aromatic heterocycles. The van der Waals surface area contributed by atoms with E-state index in [1.54, 1.807) is 28.6 Å². The van der Waals surface area contributed by atoms with E-state index in [-0.39, 0.29) is 22.9 Å². The van der Waals surface area contributed by atoms with Gasteiger partial charge in [0.2, 0.25) is 15.9 Å². The molecule has 1 fully saturated rings. The van der Waals surface area contributed by atoms with Gasteiger partial charge < -0.3 is 9.84 Å². The first-order valence-corrected chi connectivity index (χ1v) is 11.5. The van der Waals surface area contributed by atoms with Crippen molar-refractivity contribution < 1.29 is 17.7 Å². The van der Waals surface area contributed by atoms with Gasteiger partial charge in [-0.3, -0.25) is 4.79 Å². The van der Waals surface area contributed by atoms with Crippen molar-refractivity contribution in [3.8, 4) is 0 Å². The largest absolute Gasteiger partial charge is 0.361 e. The van der Waals surface area contributed by atoms with Gasteiger partial charge in [-0.1, -0.05) is 11.6 Å². The zero-order valence-corrected chi connectivity index (χ0v) is 18.3. The van der Waals surface area contributed by atoms with Crippen molar-refractivity contribution in [2.24, 2.45) is 0 Å². The summed E-state index contributed by atoms with van der Waals surface area (Å²) in [5, 5.41) is 6.71. The average molecular weight is 420 g/mol. The van der Waals surface area contributed by atoms with Crippen molar-refractivity contribution in [2.45, 2.75) is 76.8 Å². The Morgan fingerprint density at radius 3 is 2.34 bits per heavy atom. The smallest absolute Gasteiger partial charge is 0.243 e. The van der Waals surface area contributed by atoms with Gasteiger partial charge in [0, 0.05) is 29.8 Å². The highest BCUT2D eigenvalue weighted by Gasteiger charge is 2.35. The van der Waals surface area contributed by atoms with Crippen molar-refractivity contribution >= 4 is 21.6 Å². The van der Waals surface area contributed by atoms with Gasteiger partial charge in [-0.15, -0.1) is 0 Å². The van der Waals surface area contributed by atoms with E-state index in [9.17, 15) is 13.2 Å². The van der Waals surface area contributed by atoms with E-state index in [0.29, 0.717) is 18.5 Å². The van der Waals surface area contributed by atoms with Crippen molar-refractivity contribution in [1.82, 2.24) is 9.46 Å². The molecule has 158 valence electrons. The topological polar surface area (TPSA) is 92.5 Å². The quantitative estimate of drug-likeness (QED) is 0.768. The Bertz CT molecular complexity index is 937. The lowest BCUT2D eigenvalue weighted by Crippen LogP contribution is -2.47. The maximum absolute atomic E-state index is 13.1. The second-order valence-electron chi connectivity index (χ2n) is 7.84. The van der Waals surface area contributed by atoms with E-state index in [2.05, 4.69) is 10.5 Å². The molecule has 1 saturated heterocycles. The number of amides is 1. The van der Waals surface area contributed by atoms with Crippen LogP contribution < -0.4 is 5.32 Å². The molecule has 2 aromatic rings. The van der Waals surface area contributed by atoms with E-state index < -0.39 is 10.0 Å². The predicted octanol–water partition coefficient (Wildman–Crippen LogP) is 3.81. The second kappa shape index (κ2) is 8.67. The van der Waals surface area contributed by atoms with Crippen LogP contribution in [0.3, 0.4) is 0 Å². The number of nitrogens with zero attached hydrogens (tertiary/aromatic N) is 2. The molecule has 2 heterocycles. The summed E-state index contributed by atoms with van der Waals surface area (Å²) >= 11 is 0. The normalized spacial score (nSPS) is 20.6. The number of carbonyl (C=O) groups is 1. The van der Waals surface area contributed by atoms with Crippen LogP contribution in [0.5, 0.6) is 0 Å². The molecule has 29 heavy (non-hydrogen) atoms. The van der Waals surface area contributed by atoms with Crippen LogP contribution in [0.4, 0.5) is 5.69 Å². The first-order chi connectivity index (χ1) is 13.7. The molecule has 8 heteroatoms. The van der Waals surface area contributed by atoms with Crippen LogP contribution in [0, 0.1) is 13.8 Å². The fourth-order valence-corrected chi connectivity index (χ4v) is 5.91. The van der Waals surface area contributed by atoms with Crippen molar-refractivity contribution in [3.05, 3.63) is 41.3 Å². The summed E-state index contributed by atoms with van der Waals surface area (Å²) in [7, 11) is -3.55. The van der Waals surface area contributed by atoms with E-state index in [4.69, 9.17) is 4.52 Å². The number of carbonyl (C=O) groups excluding carboxylic acids is 1. The Morgan fingerprint density at radius 2 is 1.79 bits per heavy atom. The fourth-order valence-electron chi connectivity index (χ4n) is 4.02. The van der Waals surface area contributed by atoms with Gasteiger partial charge in [-0.25, -0.2) is 8.42 Å². The molecule has 0 aliphatic carbocycles. The monoisotopic (exact) mass is 419 g/mol. The third-order valence-electron chi connectivity index (χ3n) is 5.61. The highest BCUT2D eigenvalue weighted by atomic mass is 32.2. The van der Waals surface area contributed by atoms with Crippen molar-refractivity contribution in [2.75, 3.05) is 5.32 Å². The number of aryl methyl sites for hydroxylation is 2. The SMILES string of the molecule is Cc1noc(C)c1CCC(=O)Nc1ccc(S(=O)(=O)N2[C@H](C)CCC[C@@H]2C)cc1. The van der Waals surface area contributed by atoms with Crippen molar-refractivity contribution in [1.29, 1.82) is 0 Å². The molecule has 0 bridgehead atoms. The summed E-state index contributed by atoms with van der Waals surface area (Å²) in [6.07, 6.45) is 3.65. The lowest BCUT2D eigenvalue weighted by Gasteiger charge is -2.37. The third-order valence-corrected chi connectivity index (χ3v) is 7.75. The summed E-state index contributed by atoms with van der Waals surface area (Å²) in [5.41, 5.74) is 2.32. The number of anilines is 1. The molecule has 7 nitrogen and oxygen atoms in total. The number of hydrogen-bond donors (Lipinski definition) is 1. The highest BCUT2D eigenvalue weighted by Crippen LogP contribution is 2.30. The van der Waals surface area contributed by atoms with Gasteiger partial charge in [0.1, 0.15) is 5.76 Å².